The number of carbonyl (C=O) groups is 1. The van der Waals surface area contributed by atoms with Crippen LogP contribution in [0.2, 0.25) is 0 Å². The molecule has 1 rings (SSSR count). The maximum Gasteiger partial charge on any atom is 0.226 e. The predicted octanol–water partition coefficient (Wildman–Crippen LogP) is 1.55. The molecule has 0 saturated carbocycles. The first kappa shape index (κ1) is 15.4. The van der Waals surface area contributed by atoms with Crippen molar-refractivity contribution in [2.75, 3.05) is 19.3 Å². The maximum atomic E-state index is 12.3. The Hall–Kier alpha value is -0.680. The Morgan fingerprint density at radius 3 is 2.78 bits per heavy atom. The van der Waals surface area contributed by atoms with Gasteiger partial charge in [-0.25, -0.2) is 0 Å². The lowest BCUT2D eigenvalue weighted by molar-refractivity contribution is -0.135. The van der Waals surface area contributed by atoms with E-state index in [0.29, 0.717) is 25.9 Å². The number of carbonyl (C=O) groups excluding carboxylic acids is 1. The number of amides is 1. The summed E-state index contributed by atoms with van der Waals surface area (Å²) in [5.41, 5.74) is 5.90. The van der Waals surface area contributed by atoms with E-state index in [-0.39, 0.29) is 11.8 Å². The van der Waals surface area contributed by atoms with Crippen LogP contribution in [0.5, 0.6) is 0 Å². The molecule has 0 aliphatic carbocycles. The molecule has 104 valence electrons. The molecule has 0 aromatic heterocycles. The Bertz CT molecular complexity index is 329. The van der Waals surface area contributed by atoms with Crippen molar-refractivity contribution in [2.24, 2.45) is 11.7 Å². The van der Waals surface area contributed by atoms with Crippen LogP contribution in [0.4, 0.5) is 0 Å². The first-order valence-electron chi connectivity index (χ1n) is 6.38. The predicted molar refractivity (Wildman–Crippen MR) is 76.0 cm³/mol. The lowest BCUT2D eigenvalue weighted by Gasteiger charge is -2.24. The number of nitrogens with zero attached hydrogens (tertiary/aromatic N) is 1. The molecule has 1 heterocycles. The van der Waals surface area contributed by atoms with Crippen molar-refractivity contribution < 1.29 is 9.90 Å². The SMILES string of the molecule is CCC(C/C(N)=C/SC)C(=O)N1CCC(C)(O)C1. The van der Waals surface area contributed by atoms with Gasteiger partial charge in [0.1, 0.15) is 0 Å². The largest absolute Gasteiger partial charge is 0.402 e. The molecule has 3 N–H and O–H groups in total. The second kappa shape index (κ2) is 6.48. The first-order chi connectivity index (χ1) is 8.39. The molecule has 1 amide bonds. The first-order valence-corrected chi connectivity index (χ1v) is 7.67. The summed E-state index contributed by atoms with van der Waals surface area (Å²) >= 11 is 1.55. The highest BCUT2D eigenvalue weighted by Crippen LogP contribution is 2.24. The fourth-order valence-corrected chi connectivity index (χ4v) is 2.68. The minimum atomic E-state index is -0.728. The molecular formula is C13H24N2O2S. The van der Waals surface area contributed by atoms with Gasteiger partial charge in [-0.05, 0) is 37.9 Å². The molecule has 5 heteroatoms. The van der Waals surface area contributed by atoms with Gasteiger partial charge in [-0.15, -0.1) is 11.8 Å². The van der Waals surface area contributed by atoms with Gasteiger partial charge in [0, 0.05) is 24.7 Å². The molecule has 0 radical (unpaired) electrons. The third kappa shape index (κ3) is 4.21. The summed E-state index contributed by atoms with van der Waals surface area (Å²) in [6.07, 6.45) is 3.99. The molecule has 1 aliphatic rings. The van der Waals surface area contributed by atoms with Crippen LogP contribution in [0, 0.1) is 5.92 Å². The molecule has 0 aromatic carbocycles. The van der Waals surface area contributed by atoms with E-state index in [4.69, 9.17) is 5.73 Å². The van der Waals surface area contributed by atoms with E-state index in [9.17, 15) is 9.90 Å². The van der Waals surface area contributed by atoms with Crippen molar-refractivity contribution in [3.8, 4) is 0 Å². The summed E-state index contributed by atoms with van der Waals surface area (Å²) in [6, 6.07) is 0. The Balaban J connectivity index is 2.60. The zero-order valence-electron chi connectivity index (χ0n) is 11.5. The number of nitrogens with two attached hydrogens (primary N) is 1. The molecule has 1 aliphatic heterocycles. The van der Waals surface area contributed by atoms with Gasteiger partial charge in [0.2, 0.25) is 5.91 Å². The van der Waals surface area contributed by atoms with E-state index in [0.717, 1.165) is 12.1 Å². The standard InChI is InChI=1S/C13H24N2O2S/c1-4-10(7-11(14)8-18-3)12(16)15-6-5-13(2,17)9-15/h8,10,17H,4-7,9,14H2,1-3H3/b11-8-. The normalized spacial score (nSPS) is 26.4. The van der Waals surface area contributed by atoms with Crippen LogP contribution in [0.3, 0.4) is 0 Å². The molecule has 2 atom stereocenters. The maximum absolute atomic E-state index is 12.3. The van der Waals surface area contributed by atoms with Gasteiger partial charge in [0.25, 0.3) is 0 Å². The van der Waals surface area contributed by atoms with E-state index < -0.39 is 5.60 Å². The van der Waals surface area contributed by atoms with E-state index in [2.05, 4.69) is 0 Å². The summed E-state index contributed by atoms with van der Waals surface area (Å²) in [4.78, 5) is 14.1. The molecule has 1 fully saturated rings. The second-order valence-electron chi connectivity index (χ2n) is 5.24. The average molecular weight is 272 g/mol. The molecule has 4 nitrogen and oxygen atoms in total. The van der Waals surface area contributed by atoms with Gasteiger partial charge in [0.05, 0.1) is 5.60 Å². The summed E-state index contributed by atoms with van der Waals surface area (Å²) in [6.45, 7) is 4.87. The molecule has 0 bridgehead atoms. The smallest absolute Gasteiger partial charge is 0.226 e. The Morgan fingerprint density at radius 1 is 1.67 bits per heavy atom. The van der Waals surface area contributed by atoms with Crippen molar-refractivity contribution in [2.45, 2.75) is 38.7 Å². The molecule has 18 heavy (non-hydrogen) atoms. The van der Waals surface area contributed by atoms with E-state index in [1.807, 2.05) is 18.6 Å². The quantitative estimate of drug-likeness (QED) is 0.797. The number of thioether (sulfide) groups is 1. The Morgan fingerprint density at radius 2 is 2.33 bits per heavy atom. The van der Waals surface area contributed by atoms with Gasteiger partial charge >= 0.3 is 0 Å². The van der Waals surface area contributed by atoms with E-state index >= 15 is 0 Å². The van der Waals surface area contributed by atoms with Gasteiger partial charge in [-0.1, -0.05) is 6.92 Å². The van der Waals surface area contributed by atoms with E-state index in [1.54, 1.807) is 23.6 Å². The number of hydrogen-bond acceptors (Lipinski definition) is 4. The topological polar surface area (TPSA) is 66.6 Å². The van der Waals surface area contributed by atoms with E-state index in [1.165, 1.54) is 0 Å². The van der Waals surface area contributed by atoms with Crippen LogP contribution >= 0.6 is 11.8 Å². The molecular weight excluding hydrogens is 248 g/mol. The van der Waals surface area contributed by atoms with Crippen LogP contribution in [-0.2, 0) is 4.79 Å². The van der Waals surface area contributed by atoms with Crippen LogP contribution in [-0.4, -0.2) is 40.9 Å². The minimum Gasteiger partial charge on any atom is -0.402 e. The highest BCUT2D eigenvalue weighted by molar-refractivity contribution is 8.01. The molecule has 1 saturated heterocycles. The third-order valence-electron chi connectivity index (χ3n) is 3.36. The summed E-state index contributed by atoms with van der Waals surface area (Å²) in [5.74, 6) is 0.0510. The van der Waals surface area contributed by atoms with Crippen LogP contribution < -0.4 is 5.73 Å². The number of likely N-dealkylation sites (tertiary alicyclic amines) is 1. The number of β-amino-alcohol motifs (C(OH)–C–C–N with tert-alkyl or cyclic N) is 1. The highest BCUT2D eigenvalue weighted by atomic mass is 32.2. The summed E-state index contributed by atoms with van der Waals surface area (Å²) < 4.78 is 0. The van der Waals surface area contributed by atoms with Crippen LogP contribution in [0.25, 0.3) is 0 Å². The summed E-state index contributed by atoms with van der Waals surface area (Å²) in [5, 5.41) is 11.8. The number of allylic oxidation sites excluding steroid dienone is 1. The zero-order valence-corrected chi connectivity index (χ0v) is 12.3. The zero-order chi connectivity index (χ0) is 13.8. The van der Waals surface area contributed by atoms with Crippen LogP contribution in [0.15, 0.2) is 11.1 Å². The fourth-order valence-electron chi connectivity index (χ4n) is 2.28. The van der Waals surface area contributed by atoms with Crippen molar-refractivity contribution in [1.82, 2.24) is 4.90 Å². The fraction of sp³-hybridized carbons (Fsp3) is 0.769. The molecule has 0 aromatic rings. The van der Waals surface area contributed by atoms with Crippen molar-refractivity contribution in [3.05, 3.63) is 11.1 Å². The highest BCUT2D eigenvalue weighted by Gasteiger charge is 2.36. The lowest BCUT2D eigenvalue weighted by Crippen LogP contribution is -2.37. The van der Waals surface area contributed by atoms with Gasteiger partial charge in [0.15, 0.2) is 0 Å². The molecule has 2 unspecified atom stereocenters. The van der Waals surface area contributed by atoms with Crippen molar-refractivity contribution >= 4 is 17.7 Å². The summed E-state index contributed by atoms with van der Waals surface area (Å²) in [7, 11) is 0. The Labute approximate surface area is 114 Å². The van der Waals surface area contributed by atoms with Crippen molar-refractivity contribution in [3.63, 3.8) is 0 Å². The average Bonchev–Trinajstić information content (AvgIpc) is 2.66. The second-order valence-corrected chi connectivity index (χ2v) is 5.95. The van der Waals surface area contributed by atoms with Crippen LogP contribution in [0.1, 0.15) is 33.1 Å². The number of aliphatic hydroxyl groups is 1. The van der Waals surface area contributed by atoms with Gasteiger partial charge in [-0.3, -0.25) is 4.79 Å². The number of rotatable bonds is 5. The minimum absolute atomic E-state index is 0.0673. The molecule has 0 spiro atoms. The lowest BCUT2D eigenvalue weighted by atomic mass is 9.99. The van der Waals surface area contributed by atoms with Gasteiger partial charge < -0.3 is 15.7 Å². The van der Waals surface area contributed by atoms with Crippen molar-refractivity contribution in [1.29, 1.82) is 0 Å². The Kier molecular flexibility index (Phi) is 5.53. The van der Waals surface area contributed by atoms with Gasteiger partial charge in [-0.2, -0.15) is 0 Å². The monoisotopic (exact) mass is 272 g/mol. The third-order valence-corrected chi connectivity index (χ3v) is 3.90. The number of hydrogen-bond donors (Lipinski definition) is 2.